The molecule has 11 aromatic rings. The van der Waals surface area contributed by atoms with Gasteiger partial charge in [-0.25, -0.2) is 0 Å². The van der Waals surface area contributed by atoms with Crippen LogP contribution in [0, 0.1) is 0 Å². The molecule has 0 heterocycles. The van der Waals surface area contributed by atoms with Crippen LogP contribution in [0.4, 0.5) is 17.1 Å². The van der Waals surface area contributed by atoms with E-state index in [0.29, 0.717) is 0 Å². The van der Waals surface area contributed by atoms with E-state index in [0.717, 1.165) is 17.1 Å². The van der Waals surface area contributed by atoms with E-state index < -0.39 is 0 Å². The molecule has 0 spiro atoms. The highest BCUT2D eigenvalue weighted by atomic mass is 15.1. The Bertz CT molecular complexity index is 3290. The first-order chi connectivity index (χ1) is 28.3. The second-order valence-corrected chi connectivity index (χ2v) is 14.9. The number of benzene rings is 11. The first-order valence-electron chi connectivity index (χ1n) is 19.7. The van der Waals surface area contributed by atoms with Crippen molar-refractivity contribution in [3.63, 3.8) is 0 Å². The summed E-state index contributed by atoms with van der Waals surface area (Å²) < 4.78 is 0. The van der Waals surface area contributed by atoms with E-state index in [1.165, 1.54) is 87.2 Å². The van der Waals surface area contributed by atoms with Crippen molar-refractivity contribution in [1.82, 2.24) is 0 Å². The summed E-state index contributed by atoms with van der Waals surface area (Å²) in [7, 11) is 0. The Morgan fingerprint density at radius 3 is 1.53 bits per heavy atom. The predicted molar refractivity (Wildman–Crippen MR) is 245 cm³/mol. The smallest absolute Gasteiger partial charge is 0.0467 e. The molecule has 0 atom stereocenters. The van der Waals surface area contributed by atoms with Crippen LogP contribution in [0.3, 0.4) is 0 Å². The van der Waals surface area contributed by atoms with Gasteiger partial charge in [0.15, 0.2) is 0 Å². The van der Waals surface area contributed by atoms with Crippen LogP contribution in [-0.4, -0.2) is 0 Å². The van der Waals surface area contributed by atoms with Gasteiger partial charge in [-0.3, -0.25) is 0 Å². The first kappa shape index (κ1) is 32.9. The molecule has 0 aliphatic carbocycles. The molecule has 0 radical (unpaired) electrons. The van der Waals surface area contributed by atoms with Crippen LogP contribution < -0.4 is 4.90 Å². The van der Waals surface area contributed by atoms with E-state index in [1.807, 2.05) is 0 Å². The summed E-state index contributed by atoms with van der Waals surface area (Å²) >= 11 is 0. The van der Waals surface area contributed by atoms with Gasteiger partial charge in [-0.2, -0.15) is 0 Å². The minimum atomic E-state index is 1.10. The quantitative estimate of drug-likeness (QED) is 0.154. The van der Waals surface area contributed by atoms with Crippen molar-refractivity contribution in [2.75, 3.05) is 4.90 Å². The van der Waals surface area contributed by atoms with E-state index in [2.05, 4.69) is 229 Å². The van der Waals surface area contributed by atoms with E-state index >= 15 is 0 Å². The van der Waals surface area contributed by atoms with Crippen molar-refractivity contribution >= 4 is 70.9 Å². The molecule has 0 unspecified atom stereocenters. The van der Waals surface area contributed by atoms with Crippen molar-refractivity contribution in [2.45, 2.75) is 0 Å². The molecular weight excluding hydrogens is 687 g/mol. The zero-order valence-electron chi connectivity index (χ0n) is 31.3. The molecule has 57 heavy (non-hydrogen) atoms. The third kappa shape index (κ3) is 5.63. The molecule has 0 aromatic heterocycles. The summed E-state index contributed by atoms with van der Waals surface area (Å²) in [6, 6.07) is 81.9. The van der Waals surface area contributed by atoms with E-state index in [1.54, 1.807) is 0 Å². The number of hydrogen-bond acceptors (Lipinski definition) is 1. The lowest BCUT2D eigenvalue weighted by molar-refractivity contribution is 1.28. The van der Waals surface area contributed by atoms with Crippen LogP contribution >= 0.6 is 0 Å². The Morgan fingerprint density at radius 1 is 0.211 bits per heavy atom. The topological polar surface area (TPSA) is 3.24 Å². The maximum Gasteiger partial charge on any atom is 0.0467 e. The average molecular weight is 724 g/mol. The zero-order valence-corrected chi connectivity index (χ0v) is 31.3. The molecule has 0 N–H and O–H groups in total. The number of fused-ring (bicyclic) bond motifs is 8. The lowest BCUT2D eigenvalue weighted by Gasteiger charge is -2.26. The maximum absolute atomic E-state index is 2.36. The van der Waals surface area contributed by atoms with Crippen LogP contribution in [-0.2, 0) is 0 Å². The van der Waals surface area contributed by atoms with Crippen molar-refractivity contribution in [3.05, 3.63) is 224 Å². The summed E-state index contributed by atoms with van der Waals surface area (Å²) in [5.41, 5.74) is 10.6. The average Bonchev–Trinajstić information content (AvgIpc) is 3.29. The Hall–Kier alpha value is -7.48. The molecule has 0 amide bonds. The minimum absolute atomic E-state index is 1.10. The van der Waals surface area contributed by atoms with Crippen molar-refractivity contribution < 1.29 is 0 Å². The lowest BCUT2D eigenvalue weighted by atomic mass is 9.89. The summed E-state index contributed by atoms with van der Waals surface area (Å²) in [6.45, 7) is 0. The Kier molecular flexibility index (Phi) is 7.89. The normalized spacial score (nSPS) is 11.5. The summed E-state index contributed by atoms with van der Waals surface area (Å²) in [4.78, 5) is 2.36. The van der Waals surface area contributed by atoms with E-state index in [9.17, 15) is 0 Å². The van der Waals surface area contributed by atoms with Gasteiger partial charge in [0.05, 0.1) is 0 Å². The van der Waals surface area contributed by atoms with Gasteiger partial charge in [0.1, 0.15) is 0 Å². The number of anilines is 3. The number of para-hydroxylation sites is 1. The third-order valence-corrected chi connectivity index (χ3v) is 11.6. The zero-order chi connectivity index (χ0) is 37.7. The molecule has 0 saturated carbocycles. The molecule has 0 saturated heterocycles. The highest BCUT2D eigenvalue weighted by Gasteiger charge is 2.17. The second-order valence-electron chi connectivity index (χ2n) is 14.9. The lowest BCUT2D eigenvalue weighted by Crippen LogP contribution is -2.09. The largest absolute Gasteiger partial charge is 0.310 e. The number of hydrogen-bond donors (Lipinski definition) is 0. The van der Waals surface area contributed by atoms with Gasteiger partial charge in [-0.05, 0) is 130 Å². The van der Waals surface area contributed by atoms with Crippen molar-refractivity contribution in [3.8, 4) is 33.4 Å². The fraction of sp³-hybridized carbons (Fsp3) is 0. The Balaban J connectivity index is 1.02. The number of nitrogens with zero attached hydrogens (tertiary/aromatic N) is 1. The van der Waals surface area contributed by atoms with Crippen molar-refractivity contribution in [2.24, 2.45) is 0 Å². The summed E-state index contributed by atoms with van der Waals surface area (Å²) in [5, 5.41) is 12.7. The molecular formula is C56H37N. The summed E-state index contributed by atoms with van der Waals surface area (Å²) in [6.07, 6.45) is 0. The molecule has 11 rings (SSSR count). The van der Waals surface area contributed by atoms with E-state index in [-0.39, 0.29) is 0 Å². The Labute approximate surface area is 332 Å². The molecule has 0 bridgehead atoms. The molecule has 0 fully saturated rings. The summed E-state index contributed by atoms with van der Waals surface area (Å²) in [5.74, 6) is 0. The van der Waals surface area contributed by atoms with Gasteiger partial charge < -0.3 is 4.90 Å². The fourth-order valence-electron chi connectivity index (χ4n) is 8.98. The van der Waals surface area contributed by atoms with Gasteiger partial charge in [0, 0.05) is 17.1 Å². The molecule has 1 nitrogen and oxygen atoms in total. The van der Waals surface area contributed by atoms with Crippen LogP contribution in [0.5, 0.6) is 0 Å². The highest BCUT2D eigenvalue weighted by Crippen LogP contribution is 2.43. The van der Waals surface area contributed by atoms with Crippen LogP contribution in [0.2, 0.25) is 0 Å². The first-order valence-corrected chi connectivity index (χ1v) is 19.7. The minimum Gasteiger partial charge on any atom is -0.310 e. The van der Waals surface area contributed by atoms with E-state index in [4.69, 9.17) is 0 Å². The van der Waals surface area contributed by atoms with Crippen LogP contribution in [0.15, 0.2) is 224 Å². The van der Waals surface area contributed by atoms with Gasteiger partial charge in [-0.15, -0.1) is 0 Å². The maximum atomic E-state index is 2.36. The number of rotatable bonds is 6. The molecule has 1 heteroatoms. The van der Waals surface area contributed by atoms with Gasteiger partial charge in [-0.1, -0.05) is 182 Å². The van der Waals surface area contributed by atoms with Crippen molar-refractivity contribution in [1.29, 1.82) is 0 Å². The van der Waals surface area contributed by atoms with Crippen LogP contribution in [0.25, 0.3) is 87.2 Å². The predicted octanol–water partition coefficient (Wildman–Crippen LogP) is 15.9. The van der Waals surface area contributed by atoms with Gasteiger partial charge >= 0.3 is 0 Å². The Morgan fingerprint density at radius 2 is 0.702 bits per heavy atom. The molecule has 0 aliphatic rings. The molecule has 11 aromatic carbocycles. The fourth-order valence-corrected chi connectivity index (χ4v) is 8.98. The van der Waals surface area contributed by atoms with Gasteiger partial charge in [0.25, 0.3) is 0 Å². The standard InChI is InChI=1S/C56H37N/c1-2-17-42(18-3-1)57(43-31-28-39(29-32-43)56-37-41-15-5-7-21-47(41)49-24-10-11-25-52(49)56)44-19-12-16-40(36-44)46-22-8-9-23-48(46)50-26-13-27-51-54-33-30-38-14-4-6-20-45(38)53(54)34-35-55(50)51/h1-37H. The van der Waals surface area contributed by atoms with Crippen LogP contribution in [0.1, 0.15) is 0 Å². The molecule has 0 aliphatic heterocycles. The highest BCUT2D eigenvalue weighted by molar-refractivity contribution is 6.20. The molecule has 266 valence electrons. The third-order valence-electron chi connectivity index (χ3n) is 11.6. The SMILES string of the molecule is c1ccc(N(c2ccc(-c3cc4ccccc4c4ccccc34)cc2)c2cccc(-c3ccccc3-c3cccc4c3ccc3c5ccccc5ccc43)c2)cc1. The second kappa shape index (κ2) is 13.7. The van der Waals surface area contributed by atoms with Gasteiger partial charge in [0.2, 0.25) is 0 Å². The monoisotopic (exact) mass is 723 g/mol.